The second-order valence-corrected chi connectivity index (χ2v) is 4.63. The summed E-state index contributed by atoms with van der Waals surface area (Å²) in [7, 11) is 1.75. The fourth-order valence-corrected chi connectivity index (χ4v) is 2.18. The normalized spacial score (nSPS) is 24.6. The van der Waals surface area contributed by atoms with Gasteiger partial charge in [0, 0.05) is 13.0 Å². The topological polar surface area (TPSA) is 85.3 Å². The molecule has 18 heavy (non-hydrogen) atoms. The Kier molecular flexibility index (Phi) is 5.27. The molecule has 0 saturated carbocycles. The minimum atomic E-state index is -0.286. The van der Waals surface area contributed by atoms with Gasteiger partial charge in [0.1, 0.15) is 0 Å². The number of likely N-dealkylation sites (tertiary alicyclic amines) is 1. The van der Waals surface area contributed by atoms with E-state index in [1.54, 1.807) is 14.0 Å². The van der Waals surface area contributed by atoms with Crippen molar-refractivity contribution in [3.05, 3.63) is 0 Å². The zero-order valence-electron chi connectivity index (χ0n) is 11.2. The summed E-state index contributed by atoms with van der Waals surface area (Å²) >= 11 is 0. The van der Waals surface area contributed by atoms with E-state index in [0.29, 0.717) is 13.0 Å². The number of hydrogen-bond donors (Lipinski definition) is 3. The molecule has 2 unspecified atom stereocenters. The van der Waals surface area contributed by atoms with E-state index >= 15 is 0 Å². The van der Waals surface area contributed by atoms with E-state index in [0.717, 1.165) is 12.8 Å². The highest BCUT2D eigenvalue weighted by molar-refractivity contribution is 6.04. The Balaban J connectivity index is 2.77. The maximum atomic E-state index is 12.3. The van der Waals surface area contributed by atoms with Crippen LogP contribution in [0.25, 0.3) is 0 Å². The Morgan fingerprint density at radius 2 is 2.22 bits per heavy atom. The summed E-state index contributed by atoms with van der Waals surface area (Å²) in [5, 5.41) is 13.3. The molecular weight excluding hydrogens is 232 g/mol. The maximum absolute atomic E-state index is 12.3. The average Bonchev–Trinajstić information content (AvgIpc) is 2.47. The van der Waals surface area contributed by atoms with Crippen molar-refractivity contribution < 1.29 is 9.59 Å². The standard InChI is InChI=1S/C12H22N4O2/c1-4-9(17)15-12(13)16-7-5-6-8(2)10(14-3)11(16)18/h8,10,14H,4-7H2,1-3H3,(H2,13,15,17). The molecule has 1 saturated heterocycles. The summed E-state index contributed by atoms with van der Waals surface area (Å²) in [6.45, 7) is 4.23. The summed E-state index contributed by atoms with van der Waals surface area (Å²) in [6, 6.07) is -0.286. The van der Waals surface area contributed by atoms with Crippen molar-refractivity contribution in [2.45, 2.75) is 39.2 Å². The van der Waals surface area contributed by atoms with Crippen LogP contribution in [0.5, 0.6) is 0 Å². The highest BCUT2D eigenvalue weighted by Crippen LogP contribution is 2.18. The summed E-state index contributed by atoms with van der Waals surface area (Å²) in [4.78, 5) is 24.9. The number of guanidine groups is 1. The van der Waals surface area contributed by atoms with Crippen molar-refractivity contribution in [2.24, 2.45) is 5.92 Å². The second-order valence-electron chi connectivity index (χ2n) is 4.63. The van der Waals surface area contributed by atoms with Gasteiger partial charge < -0.3 is 5.32 Å². The highest BCUT2D eigenvalue weighted by Gasteiger charge is 2.32. The Labute approximate surface area is 108 Å². The molecule has 0 bridgehead atoms. The Morgan fingerprint density at radius 3 is 2.78 bits per heavy atom. The smallest absolute Gasteiger partial charge is 0.246 e. The average molecular weight is 254 g/mol. The van der Waals surface area contributed by atoms with Gasteiger partial charge in [0.05, 0.1) is 6.04 Å². The third-order valence-electron chi connectivity index (χ3n) is 3.30. The minimum absolute atomic E-state index is 0.110. The molecule has 6 nitrogen and oxygen atoms in total. The number of carbonyl (C=O) groups excluding carboxylic acids is 2. The predicted octanol–water partition coefficient (Wildman–Crippen LogP) is 0.294. The third kappa shape index (κ3) is 3.29. The van der Waals surface area contributed by atoms with Crippen LogP contribution in [-0.2, 0) is 9.59 Å². The van der Waals surface area contributed by atoms with E-state index in [4.69, 9.17) is 5.41 Å². The zero-order chi connectivity index (χ0) is 13.7. The summed E-state index contributed by atoms with van der Waals surface area (Å²) in [5.41, 5.74) is 0. The Hall–Kier alpha value is -1.43. The molecule has 0 aliphatic carbocycles. The number of hydrogen-bond acceptors (Lipinski definition) is 4. The van der Waals surface area contributed by atoms with Crippen LogP contribution < -0.4 is 10.6 Å². The number of nitrogens with one attached hydrogen (secondary N) is 3. The van der Waals surface area contributed by atoms with Crippen molar-refractivity contribution in [3.8, 4) is 0 Å². The molecule has 1 fully saturated rings. The van der Waals surface area contributed by atoms with Gasteiger partial charge in [-0.05, 0) is 25.8 Å². The molecule has 0 spiro atoms. The summed E-state index contributed by atoms with van der Waals surface area (Å²) < 4.78 is 0. The molecule has 1 heterocycles. The molecule has 1 aliphatic heterocycles. The molecule has 0 aromatic heterocycles. The largest absolute Gasteiger partial charge is 0.309 e. The number of nitrogens with zero attached hydrogens (tertiary/aromatic N) is 1. The van der Waals surface area contributed by atoms with E-state index in [1.807, 2.05) is 6.92 Å². The highest BCUT2D eigenvalue weighted by atomic mass is 16.2. The van der Waals surface area contributed by atoms with Gasteiger partial charge in [-0.1, -0.05) is 13.8 Å². The molecule has 2 amide bonds. The van der Waals surface area contributed by atoms with Crippen LogP contribution in [0.1, 0.15) is 33.1 Å². The number of rotatable bonds is 2. The van der Waals surface area contributed by atoms with Crippen LogP contribution in [0.4, 0.5) is 0 Å². The lowest BCUT2D eigenvalue weighted by atomic mass is 9.98. The van der Waals surface area contributed by atoms with Gasteiger partial charge in [0.15, 0.2) is 0 Å². The molecule has 0 radical (unpaired) electrons. The SMILES string of the molecule is CCC(=O)NC(=N)N1CCCC(C)C(NC)C1=O. The minimum Gasteiger partial charge on any atom is -0.309 e. The van der Waals surface area contributed by atoms with Gasteiger partial charge in [0.2, 0.25) is 17.8 Å². The molecule has 6 heteroatoms. The second kappa shape index (κ2) is 6.49. The third-order valence-corrected chi connectivity index (χ3v) is 3.30. The fraction of sp³-hybridized carbons (Fsp3) is 0.750. The van der Waals surface area contributed by atoms with E-state index in [1.165, 1.54) is 4.90 Å². The van der Waals surface area contributed by atoms with Crippen molar-refractivity contribution in [1.29, 1.82) is 5.41 Å². The van der Waals surface area contributed by atoms with Crippen LogP contribution in [0.3, 0.4) is 0 Å². The maximum Gasteiger partial charge on any atom is 0.246 e. The molecule has 0 aromatic rings. The van der Waals surface area contributed by atoms with Crippen molar-refractivity contribution in [3.63, 3.8) is 0 Å². The van der Waals surface area contributed by atoms with Crippen LogP contribution in [0, 0.1) is 11.3 Å². The molecule has 1 aliphatic rings. The fourth-order valence-electron chi connectivity index (χ4n) is 2.18. The van der Waals surface area contributed by atoms with Gasteiger partial charge in [0.25, 0.3) is 0 Å². The van der Waals surface area contributed by atoms with Gasteiger partial charge in [-0.2, -0.15) is 0 Å². The monoisotopic (exact) mass is 254 g/mol. The van der Waals surface area contributed by atoms with Crippen molar-refractivity contribution in [2.75, 3.05) is 13.6 Å². The lowest BCUT2D eigenvalue weighted by Gasteiger charge is -2.26. The Bertz CT molecular complexity index is 343. The first-order valence-corrected chi connectivity index (χ1v) is 6.38. The molecule has 102 valence electrons. The summed E-state index contributed by atoms with van der Waals surface area (Å²) in [5.74, 6) is -0.251. The van der Waals surface area contributed by atoms with Crippen molar-refractivity contribution in [1.82, 2.24) is 15.5 Å². The molecule has 0 aromatic carbocycles. The first-order valence-electron chi connectivity index (χ1n) is 6.38. The number of likely N-dealkylation sites (N-methyl/N-ethyl adjacent to an activating group) is 1. The quantitative estimate of drug-likeness (QED) is 0.489. The van der Waals surface area contributed by atoms with E-state index in [2.05, 4.69) is 10.6 Å². The van der Waals surface area contributed by atoms with Gasteiger partial charge in [-0.25, -0.2) is 0 Å². The van der Waals surface area contributed by atoms with E-state index in [-0.39, 0.29) is 29.7 Å². The molecule has 1 rings (SSSR count). The molecule has 2 atom stereocenters. The van der Waals surface area contributed by atoms with E-state index < -0.39 is 0 Å². The lowest BCUT2D eigenvalue weighted by Crippen LogP contribution is -2.53. The molecular formula is C12H22N4O2. The van der Waals surface area contributed by atoms with Crippen LogP contribution in [0.15, 0.2) is 0 Å². The lowest BCUT2D eigenvalue weighted by molar-refractivity contribution is -0.130. The van der Waals surface area contributed by atoms with Crippen LogP contribution >= 0.6 is 0 Å². The zero-order valence-corrected chi connectivity index (χ0v) is 11.2. The van der Waals surface area contributed by atoms with E-state index in [9.17, 15) is 9.59 Å². The predicted molar refractivity (Wildman–Crippen MR) is 69.1 cm³/mol. The van der Waals surface area contributed by atoms with Gasteiger partial charge in [-0.3, -0.25) is 25.2 Å². The van der Waals surface area contributed by atoms with Gasteiger partial charge >= 0.3 is 0 Å². The number of carbonyl (C=O) groups is 2. The summed E-state index contributed by atoms with van der Waals surface area (Å²) in [6.07, 6.45) is 2.08. The first-order chi connectivity index (χ1) is 8.51. The molecule has 3 N–H and O–H groups in total. The van der Waals surface area contributed by atoms with Gasteiger partial charge in [-0.15, -0.1) is 0 Å². The Morgan fingerprint density at radius 1 is 1.56 bits per heavy atom. The first kappa shape index (κ1) is 14.6. The van der Waals surface area contributed by atoms with Crippen LogP contribution in [-0.4, -0.2) is 42.3 Å². The number of amides is 2. The van der Waals surface area contributed by atoms with Crippen LogP contribution in [0.2, 0.25) is 0 Å². The van der Waals surface area contributed by atoms with Crippen molar-refractivity contribution >= 4 is 17.8 Å².